The number of halogens is 1. The molecule has 1 aliphatic heterocycles. The first kappa shape index (κ1) is 21.8. The van der Waals surface area contributed by atoms with Gasteiger partial charge in [-0.25, -0.2) is 14.4 Å². The van der Waals surface area contributed by atoms with E-state index in [2.05, 4.69) is 5.32 Å². The van der Waals surface area contributed by atoms with Gasteiger partial charge in [-0.05, 0) is 29.8 Å². The lowest BCUT2D eigenvalue weighted by atomic mass is 9.93. The standard InChI is InChI=1S/C20H16ClN3O7/c1-30-18(25)15-16(11-4-3-5-14(10-11)24(28)29)22-20(27)23(17(15)19(26)31-2)13-8-6-12(21)7-9-13/h3-10,16H,1-2H3,(H,22,27). The Morgan fingerprint density at radius 3 is 2.32 bits per heavy atom. The zero-order valence-electron chi connectivity index (χ0n) is 16.3. The number of methoxy groups -OCH3 is 2. The molecule has 10 nitrogen and oxygen atoms in total. The third-order valence-corrected chi connectivity index (χ3v) is 4.77. The SMILES string of the molecule is COC(=O)C1=C(C(=O)OC)N(c2ccc(Cl)cc2)C(=O)NC1c1cccc([N+](=O)[O-])c1. The molecule has 31 heavy (non-hydrogen) atoms. The molecular weight excluding hydrogens is 430 g/mol. The van der Waals surface area contributed by atoms with Crippen LogP contribution in [0.15, 0.2) is 59.8 Å². The Kier molecular flexibility index (Phi) is 6.21. The van der Waals surface area contributed by atoms with Crippen molar-refractivity contribution >= 4 is 40.9 Å². The first-order chi connectivity index (χ1) is 14.8. The fraction of sp³-hybridized carbons (Fsp3) is 0.150. The van der Waals surface area contributed by atoms with E-state index >= 15 is 0 Å². The number of esters is 2. The minimum absolute atomic E-state index is 0.208. The molecule has 0 aromatic heterocycles. The number of nitrogens with one attached hydrogen (secondary N) is 1. The van der Waals surface area contributed by atoms with E-state index in [4.69, 9.17) is 21.1 Å². The number of urea groups is 1. The maximum Gasteiger partial charge on any atom is 0.355 e. The summed E-state index contributed by atoms with van der Waals surface area (Å²) in [5.41, 5.74) is -0.432. The third kappa shape index (κ3) is 4.19. The molecule has 3 rings (SSSR count). The molecule has 0 radical (unpaired) electrons. The van der Waals surface area contributed by atoms with Crippen molar-refractivity contribution in [3.05, 3.63) is 80.5 Å². The number of anilines is 1. The molecule has 0 fully saturated rings. The lowest BCUT2D eigenvalue weighted by Gasteiger charge is -2.35. The summed E-state index contributed by atoms with van der Waals surface area (Å²) in [7, 11) is 2.21. The van der Waals surface area contributed by atoms with E-state index in [0.29, 0.717) is 5.02 Å². The summed E-state index contributed by atoms with van der Waals surface area (Å²) < 4.78 is 9.67. The normalized spacial score (nSPS) is 15.9. The van der Waals surface area contributed by atoms with Crippen LogP contribution in [0.25, 0.3) is 0 Å². The topological polar surface area (TPSA) is 128 Å². The third-order valence-electron chi connectivity index (χ3n) is 4.52. The predicted molar refractivity (Wildman–Crippen MR) is 109 cm³/mol. The minimum Gasteiger partial charge on any atom is -0.466 e. The summed E-state index contributed by atoms with van der Waals surface area (Å²) in [4.78, 5) is 50.0. The maximum atomic E-state index is 13.0. The van der Waals surface area contributed by atoms with Crippen molar-refractivity contribution in [2.24, 2.45) is 0 Å². The Balaban J connectivity index is 2.28. The highest BCUT2D eigenvalue weighted by Crippen LogP contribution is 2.36. The van der Waals surface area contributed by atoms with E-state index in [9.17, 15) is 24.5 Å². The largest absolute Gasteiger partial charge is 0.466 e. The van der Waals surface area contributed by atoms with E-state index in [-0.39, 0.29) is 28.2 Å². The van der Waals surface area contributed by atoms with Gasteiger partial charge in [0, 0.05) is 17.2 Å². The summed E-state index contributed by atoms with van der Waals surface area (Å²) in [5, 5.41) is 14.2. The van der Waals surface area contributed by atoms with Gasteiger partial charge in [0.25, 0.3) is 5.69 Å². The Morgan fingerprint density at radius 2 is 1.74 bits per heavy atom. The van der Waals surface area contributed by atoms with Crippen LogP contribution in [0.5, 0.6) is 0 Å². The average Bonchev–Trinajstić information content (AvgIpc) is 2.78. The second-order valence-corrected chi connectivity index (χ2v) is 6.73. The molecule has 1 aliphatic rings. The Bertz CT molecular complexity index is 1100. The van der Waals surface area contributed by atoms with Gasteiger partial charge in [-0.15, -0.1) is 0 Å². The molecule has 160 valence electrons. The van der Waals surface area contributed by atoms with E-state index in [1.165, 1.54) is 48.5 Å². The molecule has 0 aliphatic carbocycles. The van der Waals surface area contributed by atoms with E-state index in [1.807, 2.05) is 0 Å². The van der Waals surface area contributed by atoms with Crippen LogP contribution in [0, 0.1) is 10.1 Å². The zero-order chi connectivity index (χ0) is 22.7. The van der Waals surface area contributed by atoms with Gasteiger partial charge in [-0.2, -0.15) is 0 Å². The highest BCUT2D eigenvalue weighted by molar-refractivity contribution is 6.30. The molecule has 1 heterocycles. The molecule has 0 saturated heterocycles. The number of hydrogen-bond donors (Lipinski definition) is 1. The molecule has 0 saturated carbocycles. The Labute approximate surface area is 181 Å². The van der Waals surface area contributed by atoms with Crippen LogP contribution in [0.1, 0.15) is 11.6 Å². The number of nitro groups is 1. The number of benzene rings is 2. The van der Waals surface area contributed by atoms with Gasteiger partial charge < -0.3 is 14.8 Å². The molecule has 0 spiro atoms. The molecular formula is C20H16ClN3O7. The van der Waals surface area contributed by atoms with Gasteiger partial charge in [-0.1, -0.05) is 23.7 Å². The second-order valence-electron chi connectivity index (χ2n) is 6.29. The van der Waals surface area contributed by atoms with Crippen molar-refractivity contribution in [2.45, 2.75) is 6.04 Å². The summed E-state index contributed by atoms with van der Waals surface area (Å²) in [6.45, 7) is 0. The van der Waals surface area contributed by atoms with Gasteiger partial charge in [-0.3, -0.25) is 15.0 Å². The summed E-state index contributed by atoms with van der Waals surface area (Å²) >= 11 is 5.91. The summed E-state index contributed by atoms with van der Waals surface area (Å²) in [6.07, 6.45) is 0. The van der Waals surface area contributed by atoms with Gasteiger partial charge >= 0.3 is 18.0 Å². The van der Waals surface area contributed by atoms with Gasteiger partial charge in [0.1, 0.15) is 5.70 Å². The number of rotatable bonds is 5. The molecule has 1 atom stereocenters. The van der Waals surface area contributed by atoms with Crippen LogP contribution in [-0.4, -0.2) is 37.1 Å². The summed E-state index contributed by atoms with van der Waals surface area (Å²) in [6, 6.07) is 9.35. The van der Waals surface area contributed by atoms with Gasteiger partial charge in [0.05, 0.1) is 36.4 Å². The van der Waals surface area contributed by atoms with Crippen LogP contribution < -0.4 is 10.2 Å². The second kappa shape index (κ2) is 8.84. The molecule has 2 aromatic carbocycles. The first-order valence-electron chi connectivity index (χ1n) is 8.79. The fourth-order valence-electron chi connectivity index (χ4n) is 3.15. The lowest BCUT2D eigenvalue weighted by Crippen LogP contribution is -2.50. The Morgan fingerprint density at radius 1 is 1.10 bits per heavy atom. The van der Waals surface area contributed by atoms with E-state index in [0.717, 1.165) is 19.1 Å². The van der Waals surface area contributed by atoms with Crippen LogP contribution in [0.4, 0.5) is 16.2 Å². The number of nitrogens with zero attached hydrogens (tertiary/aromatic N) is 2. The van der Waals surface area contributed by atoms with Crippen molar-refractivity contribution in [3.8, 4) is 0 Å². The van der Waals surface area contributed by atoms with Crippen LogP contribution in [0.2, 0.25) is 5.02 Å². The zero-order valence-corrected chi connectivity index (χ0v) is 17.1. The van der Waals surface area contributed by atoms with Gasteiger partial charge in [0.15, 0.2) is 0 Å². The number of hydrogen-bond acceptors (Lipinski definition) is 7. The molecule has 1 N–H and O–H groups in total. The maximum absolute atomic E-state index is 13.0. The monoisotopic (exact) mass is 445 g/mol. The van der Waals surface area contributed by atoms with E-state index in [1.54, 1.807) is 0 Å². The minimum atomic E-state index is -1.20. The Hall–Kier alpha value is -3.92. The van der Waals surface area contributed by atoms with Crippen LogP contribution >= 0.6 is 11.6 Å². The van der Waals surface area contributed by atoms with Crippen molar-refractivity contribution in [2.75, 3.05) is 19.1 Å². The van der Waals surface area contributed by atoms with Crippen LogP contribution in [-0.2, 0) is 19.1 Å². The molecule has 1 unspecified atom stereocenters. The van der Waals surface area contributed by atoms with Crippen molar-refractivity contribution in [3.63, 3.8) is 0 Å². The van der Waals surface area contributed by atoms with Crippen molar-refractivity contribution in [1.82, 2.24) is 5.32 Å². The smallest absolute Gasteiger partial charge is 0.355 e. The van der Waals surface area contributed by atoms with E-state index < -0.39 is 28.9 Å². The predicted octanol–water partition coefficient (Wildman–Crippen LogP) is 3.12. The van der Waals surface area contributed by atoms with Crippen molar-refractivity contribution in [1.29, 1.82) is 0 Å². The summed E-state index contributed by atoms with van der Waals surface area (Å²) in [5.74, 6) is -1.89. The lowest BCUT2D eigenvalue weighted by molar-refractivity contribution is -0.384. The number of non-ortho nitro benzene ring substituents is 1. The van der Waals surface area contributed by atoms with Gasteiger partial charge in [0.2, 0.25) is 0 Å². The highest BCUT2D eigenvalue weighted by Gasteiger charge is 2.42. The quantitative estimate of drug-likeness (QED) is 0.425. The van der Waals surface area contributed by atoms with Crippen LogP contribution in [0.3, 0.4) is 0 Å². The molecule has 0 bridgehead atoms. The molecule has 2 aromatic rings. The molecule has 11 heteroatoms. The number of amides is 2. The number of ether oxygens (including phenoxy) is 2. The number of nitro benzene ring substituents is 1. The average molecular weight is 446 g/mol. The fourth-order valence-corrected chi connectivity index (χ4v) is 3.27. The first-order valence-corrected chi connectivity index (χ1v) is 9.17. The number of carbonyl (C=O) groups is 3. The molecule has 2 amide bonds. The number of carbonyl (C=O) groups excluding carboxylic acids is 3. The highest BCUT2D eigenvalue weighted by atomic mass is 35.5. The van der Waals surface area contributed by atoms with Crippen molar-refractivity contribution < 1.29 is 28.8 Å².